The van der Waals surface area contributed by atoms with Crippen LogP contribution in [0.3, 0.4) is 0 Å². The van der Waals surface area contributed by atoms with Crippen LogP contribution in [0.4, 0.5) is 0 Å². The summed E-state index contributed by atoms with van der Waals surface area (Å²) in [5.41, 5.74) is -1.73. The van der Waals surface area contributed by atoms with Crippen molar-refractivity contribution >= 4 is 0 Å². The van der Waals surface area contributed by atoms with Gasteiger partial charge in [-0.15, -0.1) is 6.58 Å². The fourth-order valence-corrected chi connectivity index (χ4v) is 3.14. The predicted octanol–water partition coefficient (Wildman–Crippen LogP) is -1.32. The Morgan fingerprint density at radius 3 is 2.38 bits per heavy atom. The Balaban J connectivity index is 2.07. The van der Waals surface area contributed by atoms with Crippen molar-refractivity contribution in [2.45, 2.75) is 74.7 Å². The summed E-state index contributed by atoms with van der Waals surface area (Å²) in [5, 5.41) is 48.5. The van der Waals surface area contributed by atoms with Crippen LogP contribution in [0, 0.1) is 0 Å². The minimum Gasteiger partial charge on any atom is -0.394 e. The van der Waals surface area contributed by atoms with Crippen molar-refractivity contribution in [3.05, 3.63) is 12.7 Å². The molecule has 0 saturated carbocycles. The van der Waals surface area contributed by atoms with E-state index in [1.807, 2.05) is 0 Å². The van der Waals surface area contributed by atoms with Crippen LogP contribution in [0.15, 0.2) is 12.7 Å². The van der Waals surface area contributed by atoms with E-state index in [9.17, 15) is 25.5 Å². The van der Waals surface area contributed by atoms with Crippen molar-refractivity contribution in [1.29, 1.82) is 0 Å². The first-order valence-electron chi connectivity index (χ1n) is 8.10. The van der Waals surface area contributed by atoms with Crippen LogP contribution >= 0.6 is 0 Å². The Morgan fingerprint density at radius 1 is 1.21 bits per heavy atom. The van der Waals surface area contributed by atoms with Crippen molar-refractivity contribution in [2.75, 3.05) is 13.2 Å². The molecule has 8 nitrogen and oxygen atoms in total. The summed E-state index contributed by atoms with van der Waals surface area (Å²) in [7, 11) is 0. The third kappa shape index (κ3) is 3.66. The lowest BCUT2D eigenvalue weighted by atomic mass is 9.95. The lowest BCUT2D eigenvalue weighted by Crippen LogP contribution is -2.61. The highest BCUT2D eigenvalue weighted by atomic mass is 16.7. The molecule has 2 rings (SSSR count). The molecule has 2 heterocycles. The molecule has 2 aliphatic rings. The predicted molar refractivity (Wildman–Crippen MR) is 83.1 cm³/mol. The maximum absolute atomic E-state index is 10.1. The molecule has 5 N–H and O–H groups in total. The van der Waals surface area contributed by atoms with E-state index in [-0.39, 0.29) is 6.61 Å². The maximum Gasteiger partial charge on any atom is 0.187 e. The summed E-state index contributed by atoms with van der Waals surface area (Å²) in [6.45, 7) is 6.47. The van der Waals surface area contributed by atoms with Gasteiger partial charge in [-0.1, -0.05) is 6.08 Å². The molecular weight excluding hydrogens is 320 g/mol. The normalized spacial score (nSPS) is 43.8. The quantitative estimate of drug-likeness (QED) is 0.374. The molecule has 0 radical (unpaired) electrons. The number of hydrogen-bond donors (Lipinski definition) is 5. The van der Waals surface area contributed by atoms with Crippen LogP contribution < -0.4 is 0 Å². The lowest BCUT2D eigenvalue weighted by molar-refractivity contribution is -0.333. The van der Waals surface area contributed by atoms with Gasteiger partial charge in [0.1, 0.15) is 30.0 Å². The second kappa shape index (κ2) is 7.35. The lowest BCUT2D eigenvalue weighted by Gasteiger charge is -2.44. The zero-order valence-corrected chi connectivity index (χ0v) is 14.0. The van der Waals surface area contributed by atoms with Gasteiger partial charge in [-0.3, -0.25) is 0 Å². The number of hydrogen-bond acceptors (Lipinski definition) is 8. The van der Waals surface area contributed by atoms with Crippen LogP contribution in [0.2, 0.25) is 0 Å². The third-order valence-electron chi connectivity index (χ3n) is 4.89. The van der Waals surface area contributed by atoms with Crippen molar-refractivity contribution < 1.29 is 39.7 Å². The van der Waals surface area contributed by atoms with Crippen molar-refractivity contribution in [3.8, 4) is 0 Å². The molecule has 0 aromatic carbocycles. The molecule has 8 heteroatoms. The summed E-state index contributed by atoms with van der Waals surface area (Å²) in [6.07, 6.45) is -4.29. The summed E-state index contributed by atoms with van der Waals surface area (Å²) >= 11 is 0. The number of aliphatic hydroxyl groups excluding tert-OH is 5. The average molecular weight is 348 g/mol. The maximum atomic E-state index is 10.1. The minimum atomic E-state index is -1.49. The van der Waals surface area contributed by atoms with Gasteiger partial charge >= 0.3 is 0 Å². The molecule has 0 bridgehead atoms. The largest absolute Gasteiger partial charge is 0.394 e. The zero-order chi connectivity index (χ0) is 18.1. The van der Waals surface area contributed by atoms with Gasteiger partial charge in [0.25, 0.3) is 0 Å². The average Bonchev–Trinajstić information content (AvgIpc) is 3.01. The fourth-order valence-electron chi connectivity index (χ4n) is 3.14. The van der Waals surface area contributed by atoms with Crippen LogP contribution in [-0.2, 0) is 14.2 Å². The Kier molecular flexibility index (Phi) is 6.04. The number of ether oxygens (including phenoxy) is 3. The third-order valence-corrected chi connectivity index (χ3v) is 4.89. The van der Waals surface area contributed by atoms with Gasteiger partial charge in [0.2, 0.25) is 0 Å². The topological polar surface area (TPSA) is 129 Å². The molecule has 2 saturated heterocycles. The van der Waals surface area contributed by atoms with Crippen molar-refractivity contribution in [2.24, 2.45) is 0 Å². The van der Waals surface area contributed by atoms with Crippen molar-refractivity contribution in [3.63, 3.8) is 0 Å². The SMILES string of the molecule is C=CC1(CO)CCC(C(C)(C)OC2OC(CO)C(O)C(O)C2O)O1. The molecule has 0 aromatic rings. The van der Waals surface area contributed by atoms with Gasteiger partial charge < -0.3 is 39.7 Å². The highest BCUT2D eigenvalue weighted by Crippen LogP contribution is 2.39. The van der Waals surface area contributed by atoms with E-state index >= 15 is 0 Å². The highest BCUT2D eigenvalue weighted by molar-refractivity contribution is 5.05. The van der Waals surface area contributed by atoms with Gasteiger partial charge in [-0.05, 0) is 26.7 Å². The van der Waals surface area contributed by atoms with E-state index in [0.29, 0.717) is 12.8 Å². The molecule has 7 atom stereocenters. The van der Waals surface area contributed by atoms with E-state index in [0.717, 1.165) is 0 Å². The molecule has 0 aliphatic carbocycles. The first-order valence-corrected chi connectivity index (χ1v) is 8.10. The molecule has 2 aliphatic heterocycles. The van der Waals surface area contributed by atoms with Gasteiger partial charge in [0.15, 0.2) is 6.29 Å². The van der Waals surface area contributed by atoms with Crippen LogP contribution in [0.1, 0.15) is 26.7 Å². The van der Waals surface area contributed by atoms with Crippen LogP contribution in [0.5, 0.6) is 0 Å². The summed E-state index contributed by atoms with van der Waals surface area (Å²) in [4.78, 5) is 0. The summed E-state index contributed by atoms with van der Waals surface area (Å²) in [5.74, 6) is 0. The van der Waals surface area contributed by atoms with Gasteiger partial charge in [-0.25, -0.2) is 0 Å². The Morgan fingerprint density at radius 2 is 1.88 bits per heavy atom. The fraction of sp³-hybridized carbons (Fsp3) is 0.875. The molecule has 7 unspecified atom stereocenters. The highest BCUT2D eigenvalue weighted by Gasteiger charge is 2.50. The van der Waals surface area contributed by atoms with Crippen LogP contribution in [-0.4, -0.2) is 86.8 Å². The molecule has 24 heavy (non-hydrogen) atoms. The van der Waals surface area contributed by atoms with E-state index in [1.165, 1.54) is 0 Å². The standard InChI is InChI=1S/C16H28O8/c1-4-16(8-18)6-5-10(23-16)15(2,3)24-14-13(21)12(20)11(19)9(7-17)22-14/h4,9-14,17-21H,1,5-8H2,2-3H3. The van der Waals surface area contributed by atoms with Gasteiger partial charge in [0.05, 0.1) is 24.9 Å². The summed E-state index contributed by atoms with van der Waals surface area (Å²) in [6, 6.07) is 0. The molecule has 2 fully saturated rings. The Labute approximate surface area is 141 Å². The van der Waals surface area contributed by atoms with Gasteiger partial charge in [0, 0.05) is 0 Å². The minimum absolute atomic E-state index is 0.191. The van der Waals surface area contributed by atoms with E-state index < -0.39 is 54.6 Å². The summed E-state index contributed by atoms with van der Waals surface area (Å²) < 4.78 is 17.1. The van der Waals surface area contributed by atoms with E-state index in [4.69, 9.17) is 14.2 Å². The van der Waals surface area contributed by atoms with Crippen molar-refractivity contribution in [1.82, 2.24) is 0 Å². The second-order valence-electron chi connectivity index (χ2n) is 6.99. The zero-order valence-electron chi connectivity index (χ0n) is 14.0. The second-order valence-corrected chi connectivity index (χ2v) is 6.99. The van der Waals surface area contributed by atoms with Gasteiger partial charge in [-0.2, -0.15) is 0 Å². The van der Waals surface area contributed by atoms with E-state index in [2.05, 4.69) is 6.58 Å². The molecular formula is C16H28O8. The first-order chi connectivity index (χ1) is 11.2. The molecule has 0 spiro atoms. The monoisotopic (exact) mass is 348 g/mol. The number of aliphatic hydroxyl groups is 5. The van der Waals surface area contributed by atoms with Crippen LogP contribution in [0.25, 0.3) is 0 Å². The molecule has 0 aromatic heterocycles. The molecule has 140 valence electrons. The molecule has 0 amide bonds. The Hall–Kier alpha value is -0.580. The smallest absolute Gasteiger partial charge is 0.187 e. The van der Waals surface area contributed by atoms with E-state index in [1.54, 1.807) is 19.9 Å². The Bertz CT molecular complexity index is 440. The number of rotatable bonds is 6. The first kappa shape index (κ1) is 19.7.